The second-order valence-corrected chi connectivity index (χ2v) is 6.91. The maximum absolute atomic E-state index is 12.7. The van der Waals surface area contributed by atoms with Gasteiger partial charge in [0, 0.05) is 22.2 Å². The Morgan fingerprint density at radius 2 is 2.17 bits per heavy atom. The first-order valence-electron chi connectivity index (χ1n) is 7.49. The van der Waals surface area contributed by atoms with Gasteiger partial charge in [0.15, 0.2) is 5.13 Å². The summed E-state index contributed by atoms with van der Waals surface area (Å²) in [7, 11) is 4.00. The van der Waals surface area contributed by atoms with Crippen LogP contribution in [0.5, 0.6) is 0 Å². The molecular formula is C16H20ClN4O2S+. The molecule has 2 N–H and O–H groups in total. The highest BCUT2D eigenvalue weighted by molar-refractivity contribution is 7.13. The van der Waals surface area contributed by atoms with Crippen LogP contribution in [0.1, 0.15) is 10.4 Å². The normalized spacial score (nSPS) is 10.7. The fourth-order valence-corrected chi connectivity index (χ4v) is 2.77. The van der Waals surface area contributed by atoms with Crippen molar-refractivity contribution in [3.63, 3.8) is 0 Å². The van der Waals surface area contributed by atoms with Crippen LogP contribution < -0.4 is 10.2 Å². The number of likely N-dealkylation sites (N-methyl/N-ethyl adjacent to an activating group) is 1. The number of anilines is 1. The van der Waals surface area contributed by atoms with Crippen LogP contribution in [-0.2, 0) is 4.79 Å². The van der Waals surface area contributed by atoms with E-state index < -0.39 is 0 Å². The smallest absolute Gasteiger partial charge is 0.254 e. The van der Waals surface area contributed by atoms with Crippen molar-refractivity contribution in [1.82, 2.24) is 9.88 Å². The predicted molar refractivity (Wildman–Crippen MR) is 95.8 cm³/mol. The molecule has 0 fully saturated rings. The van der Waals surface area contributed by atoms with E-state index in [0.717, 1.165) is 6.54 Å². The summed E-state index contributed by atoms with van der Waals surface area (Å²) in [6.45, 7) is 1.17. The molecule has 0 aliphatic heterocycles. The fourth-order valence-electron chi connectivity index (χ4n) is 2.03. The molecule has 2 amide bonds. The van der Waals surface area contributed by atoms with Gasteiger partial charge in [0.25, 0.3) is 5.91 Å². The summed E-state index contributed by atoms with van der Waals surface area (Å²) < 4.78 is 0. The largest absolute Gasteiger partial charge is 0.338 e. The topological polar surface area (TPSA) is 66.7 Å². The standard InChI is InChI=1S/C16H19ClN4O2S/c1-20(2)7-8-21(11-14(22)19-16-18-6-9-24-16)15(23)12-4-3-5-13(17)10-12/h3-6,9-10H,7-8,11H2,1-2H3,(H,18,19,22)/p+1. The van der Waals surface area contributed by atoms with Crippen LogP contribution in [0.2, 0.25) is 5.02 Å². The molecule has 1 heterocycles. The zero-order valence-electron chi connectivity index (χ0n) is 13.6. The Morgan fingerprint density at radius 3 is 2.79 bits per heavy atom. The van der Waals surface area contributed by atoms with Crippen molar-refractivity contribution in [3.05, 3.63) is 46.4 Å². The molecule has 0 saturated carbocycles. The molecular weight excluding hydrogens is 348 g/mol. The van der Waals surface area contributed by atoms with Crippen molar-refractivity contribution >= 4 is 39.9 Å². The van der Waals surface area contributed by atoms with Crippen LogP contribution in [0.3, 0.4) is 0 Å². The van der Waals surface area contributed by atoms with E-state index >= 15 is 0 Å². The van der Waals surface area contributed by atoms with Gasteiger partial charge in [-0.1, -0.05) is 17.7 Å². The summed E-state index contributed by atoms with van der Waals surface area (Å²) in [5, 5.41) is 5.49. The molecule has 24 heavy (non-hydrogen) atoms. The highest BCUT2D eigenvalue weighted by Gasteiger charge is 2.20. The van der Waals surface area contributed by atoms with Crippen molar-refractivity contribution in [2.24, 2.45) is 0 Å². The maximum atomic E-state index is 12.7. The summed E-state index contributed by atoms with van der Waals surface area (Å²) in [5.74, 6) is -0.484. The molecule has 0 spiro atoms. The van der Waals surface area contributed by atoms with Crippen molar-refractivity contribution < 1.29 is 14.5 Å². The number of amides is 2. The van der Waals surface area contributed by atoms with E-state index in [1.54, 1.807) is 35.8 Å². The van der Waals surface area contributed by atoms with Crippen LogP contribution >= 0.6 is 22.9 Å². The number of rotatable bonds is 7. The first-order valence-corrected chi connectivity index (χ1v) is 8.74. The first-order chi connectivity index (χ1) is 11.5. The van der Waals surface area contributed by atoms with E-state index in [-0.39, 0.29) is 18.4 Å². The van der Waals surface area contributed by atoms with Crippen molar-refractivity contribution in [3.8, 4) is 0 Å². The molecule has 0 aliphatic carbocycles. The van der Waals surface area contributed by atoms with Gasteiger partial charge < -0.3 is 15.1 Å². The number of quaternary nitrogens is 1. The number of thiazole rings is 1. The number of hydrogen-bond donors (Lipinski definition) is 2. The zero-order valence-corrected chi connectivity index (χ0v) is 15.2. The summed E-state index contributed by atoms with van der Waals surface area (Å²) in [4.78, 5) is 31.6. The van der Waals surface area contributed by atoms with Crippen LogP contribution in [0.25, 0.3) is 0 Å². The second kappa shape index (κ2) is 8.77. The molecule has 128 valence electrons. The fraction of sp³-hybridized carbons (Fsp3) is 0.312. The van der Waals surface area contributed by atoms with E-state index in [2.05, 4.69) is 10.3 Å². The number of hydrogen-bond acceptors (Lipinski definition) is 4. The molecule has 0 atom stereocenters. The van der Waals surface area contributed by atoms with Gasteiger partial charge in [0.05, 0.1) is 27.2 Å². The molecule has 0 saturated heterocycles. The predicted octanol–water partition coefficient (Wildman–Crippen LogP) is 1.02. The third kappa shape index (κ3) is 5.59. The van der Waals surface area contributed by atoms with Gasteiger partial charge in [0.2, 0.25) is 5.91 Å². The van der Waals surface area contributed by atoms with Crippen molar-refractivity contribution in [2.45, 2.75) is 0 Å². The Morgan fingerprint density at radius 1 is 1.38 bits per heavy atom. The van der Waals surface area contributed by atoms with Gasteiger partial charge in [-0.3, -0.25) is 9.59 Å². The SMILES string of the molecule is C[NH+](C)CCN(CC(=O)Nc1nccs1)C(=O)c1cccc(Cl)c1. The molecule has 0 aliphatic rings. The molecule has 8 heteroatoms. The minimum atomic E-state index is -0.269. The summed E-state index contributed by atoms with van der Waals surface area (Å²) in [6, 6.07) is 6.74. The van der Waals surface area contributed by atoms with E-state index in [4.69, 9.17) is 11.6 Å². The molecule has 0 radical (unpaired) electrons. The minimum absolute atomic E-state index is 0.0296. The number of carbonyl (C=O) groups excluding carboxylic acids is 2. The lowest BCUT2D eigenvalue weighted by molar-refractivity contribution is -0.857. The minimum Gasteiger partial charge on any atom is -0.338 e. The highest BCUT2D eigenvalue weighted by atomic mass is 35.5. The molecule has 2 rings (SSSR count). The Balaban J connectivity index is 2.08. The lowest BCUT2D eigenvalue weighted by atomic mass is 10.2. The summed E-state index contributed by atoms with van der Waals surface area (Å²) in [6.07, 6.45) is 1.62. The van der Waals surface area contributed by atoms with Gasteiger partial charge in [-0.05, 0) is 18.2 Å². The van der Waals surface area contributed by atoms with E-state index in [1.807, 2.05) is 14.1 Å². The van der Waals surface area contributed by atoms with Gasteiger partial charge >= 0.3 is 0 Å². The molecule has 0 unspecified atom stereocenters. The third-order valence-electron chi connectivity index (χ3n) is 3.25. The Labute approximate surface area is 150 Å². The number of nitrogens with one attached hydrogen (secondary N) is 2. The molecule has 1 aromatic heterocycles. The molecule has 6 nitrogen and oxygen atoms in total. The zero-order chi connectivity index (χ0) is 17.5. The van der Waals surface area contributed by atoms with E-state index in [0.29, 0.717) is 22.3 Å². The average Bonchev–Trinajstić information content (AvgIpc) is 3.03. The number of carbonyl (C=O) groups is 2. The third-order valence-corrected chi connectivity index (χ3v) is 4.18. The first kappa shape index (κ1) is 18.4. The summed E-state index contributed by atoms with van der Waals surface area (Å²) in [5.41, 5.74) is 0.471. The number of aromatic nitrogens is 1. The Bertz CT molecular complexity index is 691. The number of nitrogens with zero attached hydrogens (tertiary/aromatic N) is 2. The van der Waals surface area contributed by atoms with Crippen molar-refractivity contribution in [1.29, 1.82) is 0 Å². The van der Waals surface area contributed by atoms with Crippen LogP contribution in [-0.4, -0.2) is 55.4 Å². The molecule has 1 aromatic carbocycles. The average molecular weight is 368 g/mol. The molecule has 2 aromatic rings. The number of halogens is 1. The highest BCUT2D eigenvalue weighted by Crippen LogP contribution is 2.13. The van der Waals surface area contributed by atoms with Crippen LogP contribution in [0, 0.1) is 0 Å². The quantitative estimate of drug-likeness (QED) is 0.768. The number of benzene rings is 1. The lowest BCUT2D eigenvalue weighted by Crippen LogP contribution is -3.06. The van der Waals surface area contributed by atoms with E-state index in [1.165, 1.54) is 21.1 Å². The van der Waals surface area contributed by atoms with Crippen LogP contribution in [0.15, 0.2) is 35.8 Å². The van der Waals surface area contributed by atoms with Gasteiger partial charge in [-0.15, -0.1) is 11.3 Å². The molecule has 0 bridgehead atoms. The van der Waals surface area contributed by atoms with E-state index in [9.17, 15) is 9.59 Å². The second-order valence-electron chi connectivity index (χ2n) is 5.58. The van der Waals surface area contributed by atoms with Gasteiger partial charge in [-0.25, -0.2) is 4.98 Å². The van der Waals surface area contributed by atoms with Crippen LogP contribution in [0.4, 0.5) is 5.13 Å². The Hall–Kier alpha value is -1.96. The monoisotopic (exact) mass is 367 g/mol. The van der Waals surface area contributed by atoms with Gasteiger partial charge in [0.1, 0.15) is 6.54 Å². The lowest BCUT2D eigenvalue weighted by Gasteiger charge is -2.22. The summed E-state index contributed by atoms with van der Waals surface area (Å²) >= 11 is 7.30. The van der Waals surface area contributed by atoms with Gasteiger partial charge in [-0.2, -0.15) is 0 Å². The van der Waals surface area contributed by atoms with Crippen molar-refractivity contribution in [2.75, 3.05) is 39.0 Å². The Kier molecular flexibility index (Phi) is 6.72. The maximum Gasteiger partial charge on any atom is 0.254 e.